The molecule has 1 saturated heterocycles. The van der Waals surface area contributed by atoms with E-state index in [2.05, 4.69) is 15.0 Å². The summed E-state index contributed by atoms with van der Waals surface area (Å²) < 4.78 is 20.6. The minimum absolute atomic E-state index is 0.0615. The maximum atomic E-state index is 14.1. The number of imidazole rings is 1. The molecule has 4 atom stereocenters. The van der Waals surface area contributed by atoms with Crippen molar-refractivity contribution in [3.8, 4) is 0 Å². The first-order valence-corrected chi connectivity index (χ1v) is 6.14. The molecule has 20 heavy (non-hydrogen) atoms. The lowest BCUT2D eigenvalue weighted by Gasteiger charge is -2.15. The molecular weight excluding hydrogens is 293 g/mol. The summed E-state index contributed by atoms with van der Waals surface area (Å²) in [5.41, 5.74) is 6.10. The van der Waals surface area contributed by atoms with Crippen LogP contribution in [0.15, 0.2) is 6.33 Å². The average Bonchev–Trinajstić information content (AvgIpc) is 2.93. The van der Waals surface area contributed by atoms with Crippen LogP contribution in [-0.2, 0) is 4.74 Å². The summed E-state index contributed by atoms with van der Waals surface area (Å²) in [6, 6.07) is 0. The molecule has 0 bridgehead atoms. The summed E-state index contributed by atoms with van der Waals surface area (Å²) in [4.78, 5) is 11.7. The minimum Gasteiger partial charge on any atom is -0.394 e. The predicted octanol–water partition coefficient (Wildman–Crippen LogP) is -0.349. The third-order valence-corrected chi connectivity index (χ3v) is 3.34. The van der Waals surface area contributed by atoms with Crippen molar-refractivity contribution < 1.29 is 19.3 Å². The lowest BCUT2D eigenvalue weighted by Crippen LogP contribution is -2.30. The highest BCUT2D eigenvalue weighted by atomic mass is 35.5. The van der Waals surface area contributed by atoms with Crippen molar-refractivity contribution in [3.63, 3.8) is 0 Å². The van der Waals surface area contributed by atoms with Crippen LogP contribution in [0.1, 0.15) is 6.23 Å². The summed E-state index contributed by atoms with van der Waals surface area (Å²) >= 11 is 5.71. The highest BCUT2D eigenvalue weighted by Crippen LogP contribution is 2.34. The molecule has 1 aliphatic heterocycles. The molecule has 8 nitrogen and oxygen atoms in total. The third kappa shape index (κ3) is 1.90. The lowest BCUT2D eigenvalue weighted by atomic mass is 10.1. The molecule has 2 aromatic heterocycles. The number of ether oxygens (including phenoxy) is 1. The molecule has 0 amide bonds. The van der Waals surface area contributed by atoms with Gasteiger partial charge in [0.15, 0.2) is 23.9 Å². The topological polar surface area (TPSA) is 119 Å². The van der Waals surface area contributed by atoms with Crippen molar-refractivity contribution in [2.75, 3.05) is 12.3 Å². The fourth-order valence-electron chi connectivity index (χ4n) is 2.18. The van der Waals surface area contributed by atoms with Crippen molar-refractivity contribution in [2.45, 2.75) is 24.6 Å². The minimum atomic E-state index is -1.74. The van der Waals surface area contributed by atoms with Gasteiger partial charge in [-0.1, -0.05) is 0 Å². The van der Waals surface area contributed by atoms with Gasteiger partial charge in [-0.05, 0) is 11.6 Å². The second kappa shape index (κ2) is 4.77. The van der Waals surface area contributed by atoms with Crippen molar-refractivity contribution in [1.82, 2.24) is 19.5 Å². The molecule has 4 N–H and O–H groups in total. The molecule has 0 aliphatic carbocycles. The van der Waals surface area contributed by atoms with E-state index in [4.69, 9.17) is 27.2 Å². The average molecular weight is 304 g/mol. The zero-order valence-corrected chi connectivity index (χ0v) is 10.8. The number of hydrogen-bond acceptors (Lipinski definition) is 7. The second-order valence-corrected chi connectivity index (χ2v) is 4.72. The van der Waals surface area contributed by atoms with Gasteiger partial charge in [0.25, 0.3) is 0 Å². The number of aliphatic hydroxyl groups is 2. The summed E-state index contributed by atoms with van der Waals surface area (Å²) in [6.07, 6.45) is -4.08. The number of fused-ring (bicyclic) bond motifs is 1. The Balaban J connectivity index is 2.07. The van der Waals surface area contributed by atoms with Crippen molar-refractivity contribution >= 4 is 28.6 Å². The number of nitrogen functional groups attached to an aromatic ring is 1. The van der Waals surface area contributed by atoms with E-state index in [-0.39, 0.29) is 22.3 Å². The number of rotatable bonds is 2. The van der Waals surface area contributed by atoms with Gasteiger partial charge in [-0.15, -0.1) is 0 Å². The molecule has 1 unspecified atom stereocenters. The quantitative estimate of drug-likeness (QED) is 0.649. The van der Waals surface area contributed by atoms with Crippen molar-refractivity contribution in [3.05, 3.63) is 11.6 Å². The van der Waals surface area contributed by atoms with Gasteiger partial charge in [0.2, 0.25) is 5.28 Å². The first-order valence-electron chi connectivity index (χ1n) is 5.77. The molecule has 0 radical (unpaired) electrons. The van der Waals surface area contributed by atoms with Gasteiger partial charge in [0, 0.05) is 0 Å². The standard InChI is InChI=1S/C10H11ClFN5O3/c11-10-15-7(13)5-8(16-10)17(2-14-5)9-4(12)6(19)3(1-18)20-9/h2-4,6,9,18-19H,1H2,(H2,13,15,16)/t3-,4+,6-,9?/m0/s1. The number of aliphatic hydroxyl groups excluding tert-OH is 2. The molecule has 1 fully saturated rings. The molecule has 2 aromatic rings. The van der Waals surface area contributed by atoms with Gasteiger partial charge in [-0.25, -0.2) is 9.37 Å². The molecule has 108 valence electrons. The van der Waals surface area contributed by atoms with Gasteiger partial charge in [-0.3, -0.25) is 4.57 Å². The zero-order valence-electron chi connectivity index (χ0n) is 10.0. The van der Waals surface area contributed by atoms with Gasteiger partial charge in [-0.2, -0.15) is 9.97 Å². The molecule has 3 rings (SSSR count). The SMILES string of the molecule is Nc1nc(Cl)nc2c1ncn2C1O[C@@H](CO)[C@H](O)[C@H]1F. The van der Waals surface area contributed by atoms with Crippen LogP contribution in [0.25, 0.3) is 11.2 Å². The molecule has 0 aromatic carbocycles. The Hall–Kier alpha value is -1.55. The number of hydrogen-bond donors (Lipinski definition) is 3. The van der Waals surface area contributed by atoms with E-state index in [1.54, 1.807) is 0 Å². The maximum absolute atomic E-state index is 14.1. The number of halogens is 2. The van der Waals surface area contributed by atoms with Crippen LogP contribution in [0.2, 0.25) is 5.28 Å². The number of nitrogens with two attached hydrogens (primary N) is 1. The monoisotopic (exact) mass is 303 g/mol. The highest BCUT2D eigenvalue weighted by Gasteiger charge is 2.45. The number of anilines is 1. The Morgan fingerprint density at radius 3 is 2.90 bits per heavy atom. The molecule has 0 spiro atoms. The fraction of sp³-hybridized carbons (Fsp3) is 0.500. The van der Waals surface area contributed by atoms with Crippen molar-refractivity contribution in [2.24, 2.45) is 0 Å². The van der Waals surface area contributed by atoms with Gasteiger partial charge in [0.1, 0.15) is 17.7 Å². The number of aromatic nitrogens is 4. The molecule has 10 heteroatoms. The van der Waals surface area contributed by atoms with E-state index in [1.807, 2.05) is 0 Å². The number of alkyl halides is 1. The Morgan fingerprint density at radius 2 is 2.25 bits per heavy atom. The Labute approximate surface area is 117 Å². The van der Waals surface area contributed by atoms with E-state index in [0.29, 0.717) is 0 Å². The van der Waals surface area contributed by atoms with E-state index in [9.17, 15) is 9.50 Å². The van der Waals surface area contributed by atoms with Crippen LogP contribution >= 0.6 is 11.6 Å². The zero-order chi connectivity index (χ0) is 14.4. The van der Waals surface area contributed by atoms with E-state index < -0.39 is 31.2 Å². The summed E-state index contributed by atoms with van der Waals surface area (Å²) in [7, 11) is 0. The van der Waals surface area contributed by atoms with Crippen LogP contribution in [0.5, 0.6) is 0 Å². The smallest absolute Gasteiger partial charge is 0.226 e. The van der Waals surface area contributed by atoms with Crippen LogP contribution < -0.4 is 5.73 Å². The largest absolute Gasteiger partial charge is 0.394 e. The van der Waals surface area contributed by atoms with E-state index >= 15 is 0 Å². The molecular formula is C10H11ClFN5O3. The first-order chi connectivity index (χ1) is 9.52. The fourth-order valence-corrected chi connectivity index (χ4v) is 2.35. The summed E-state index contributed by atoms with van der Waals surface area (Å²) in [5, 5.41) is 18.6. The second-order valence-electron chi connectivity index (χ2n) is 4.38. The van der Waals surface area contributed by atoms with Crippen LogP contribution in [0.3, 0.4) is 0 Å². The lowest BCUT2D eigenvalue weighted by molar-refractivity contribution is -0.0459. The Kier molecular flexibility index (Phi) is 3.21. The molecule has 1 aliphatic rings. The molecule has 3 heterocycles. The van der Waals surface area contributed by atoms with Crippen LogP contribution in [-0.4, -0.2) is 54.7 Å². The Morgan fingerprint density at radius 1 is 1.50 bits per heavy atom. The van der Waals surface area contributed by atoms with Gasteiger partial charge in [0.05, 0.1) is 12.9 Å². The summed E-state index contributed by atoms with van der Waals surface area (Å²) in [5.74, 6) is 0.0615. The van der Waals surface area contributed by atoms with Crippen LogP contribution in [0.4, 0.5) is 10.2 Å². The third-order valence-electron chi connectivity index (χ3n) is 3.17. The first kappa shape index (κ1) is 13.4. The predicted molar refractivity (Wildman–Crippen MR) is 66.6 cm³/mol. The normalized spacial score (nSPS) is 30.2. The van der Waals surface area contributed by atoms with Gasteiger partial charge >= 0.3 is 0 Å². The number of nitrogens with zero attached hydrogens (tertiary/aromatic N) is 4. The van der Waals surface area contributed by atoms with Gasteiger partial charge < -0.3 is 20.7 Å². The highest BCUT2D eigenvalue weighted by molar-refractivity contribution is 6.28. The van der Waals surface area contributed by atoms with E-state index in [1.165, 1.54) is 10.9 Å². The molecule has 0 saturated carbocycles. The van der Waals surface area contributed by atoms with Crippen molar-refractivity contribution in [1.29, 1.82) is 0 Å². The maximum Gasteiger partial charge on any atom is 0.226 e. The van der Waals surface area contributed by atoms with Crippen LogP contribution in [0, 0.1) is 0 Å². The summed E-state index contributed by atoms with van der Waals surface area (Å²) in [6.45, 7) is -0.497. The Bertz CT molecular complexity index is 653. The van der Waals surface area contributed by atoms with E-state index in [0.717, 1.165) is 0 Å².